The summed E-state index contributed by atoms with van der Waals surface area (Å²) in [5.74, 6) is 0.818. The highest BCUT2D eigenvalue weighted by Crippen LogP contribution is 2.25. The van der Waals surface area contributed by atoms with Gasteiger partial charge < -0.3 is 10.2 Å². The average molecular weight is 368 g/mol. The van der Waals surface area contributed by atoms with Gasteiger partial charge in [-0.1, -0.05) is 23.7 Å². The van der Waals surface area contributed by atoms with Crippen LogP contribution in [-0.2, 0) is 0 Å². The summed E-state index contributed by atoms with van der Waals surface area (Å²) >= 11 is 5.94. The van der Waals surface area contributed by atoms with Gasteiger partial charge in [0, 0.05) is 48.2 Å². The number of rotatable bonds is 4. The van der Waals surface area contributed by atoms with Crippen molar-refractivity contribution in [3.63, 3.8) is 0 Å². The van der Waals surface area contributed by atoms with E-state index in [4.69, 9.17) is 11.6 Å². The lowest BCUT2D eigenvalue weighted by Crippen LogP contribution is -2.37. The molecule has 26 heavy (non-hydrogen) atoms. The number of H-pyrrole nitrogens is 1. The van der Waals surface area contributed by atoms with Crippen molar-refractivity contribution in [1.82, 2.24) is 20.5 Å². The zero-order chi connectivity index (χ0) is 17.9. The van der Waals surface area contributed by atoms with E-state index in [1.807, 2.05) is 30.3 Å². The molecule has 4 rings (SSSR count). The molecule has 0 bridgehead atoms. The summed E-state index contributed by atoms with van der Waals surface area (Å²) in [6.45, 7) is 1.59. The predicted octanol–water partition coefficient (Wildman–Crippen LogP) is 3.13. The molecule has 1 atom stereocenters. The molecule has 0 spiro atoms. The maximum Gasteiger partial charge on any atom is 0.251 e. The predicted molar refractivity (Wildman–Crippen MR) is 101 cm³/mol. The highest BCUT2D eigenvalue weighted by atomic mass is 35.5. The maximum absolute atomic E-state index is 12.3. The van der Waals surface area contributed by atoms with Crippen LogP contribution >= 0.6 is 11.6 Å². The van der Waals surface area contributed by atoms with E-state index in [-0.39, 0.29) is 11.9 Å². The SMILES string of the molecule is O=C(NC1CCN(c2cc(-c3ccc(Cl)cc3)[nH]n2)C1)c1ccncc1. The van der Waals surface area contributed by atoms with Gasteiger partial charge in [-0.2, -0.15) is 5.10 Å². The largest absolute Gasteiger partial charge is 0.353 e. The number of aromatic nitrogens is 3. The molecule has 6 nitrogen and oxygen atoms in total. The van der Waals surface area contributed by atoms with Crippen molar-refractivity contribution in [3.05, 3.63) is 65.4 Å². The van der Waals surface area contributed by atoms with E-state index in [9.17, 15) is 4.79 Å². The zero-order valence-electron chi connectivity index (χ0n) is 14.0. The van der Waals surface area contributed by atoms with E-state index >= 15 is 0 Å². The van der Waals surface area contributed by atoms with Crippen LogP contribution in [0.25, 0.3) is 11.3 Å². The van der Waals surface area contributed by atoms with Crippen LogP contribution in [-0.4, -0.2) is 40.2 Å². The first-order valence-electron chi connectivity index (χ1n) is 8.46. The number of benzene rings is 1. The number of nitrogens with zero attached hydrogens (tertiary/aromatic N) is 3. The molecule has 0 radical (unpaired) electrons. The van der Waals surface area contributed by atoms with Crippen molar-refractivity contribution in [1.29, 1.82) is 0 Å². The Morgan fingerprint density at radius 1 is 1.19 bits per heavy atom. The number of anilines is 1. The van der Waals surface area contributed by atoms with Crippen molar-refractivity contribution in [2.75, 3.05) is 18.0 Å². The van der Waals surface area contributed by atoms with Gasteiger partial charge in [-0.25, -0.2) is 0 Å². The minimum atomic E-state index is -0.0665. The number of hydrogen-bond acceptors (Lipinski definition) is 4. The fourth-order valence-electron chi connectivity index (χ4n) is 3.11. The molecule has 1 unspecified atom stereocenters. The van der Waals surface area contributed by atoms with E-state index in [1.54, 1.807) is 24.5 Å². The van der Waals surface area contributed by atoms with E-state index in [2.05, 4.69) is 25.4 Å². The Morgan fingerprint density at radius 2 is 1.96 bits per heavy atom. The molecular weight excluding hydrogens is 350 g/mol. The summed E-state index contributed by atoms with van der Waals surface area (Å²) in [7, 11) is 0. The Morgan fingerprint density at radius 3 is 2.73 bits per heavy atom. The molecule has 1 aliphatic heterocycles. The van der Waals surface area contributed by atoms with Gasteiger partial charge in [0.05, 0.1) is 5.69 Å². The summed E-state index contributed by atoms with van der Waals surface area (Å²) in [5.41, 5.74) is 2.61. The Balaban J connectivity index is 1.40. The van der Waals surface area contributed by atoms with Gasteiger partial charge >= 0.3 is 0 Å². The van der Waals surface area contributed by atoms with Crippen molar-refractivity contribution >= 4 is 23.3 Å². The second-order valence-corrected chi connectivity index (χ2v) is 6.72. The molecule has 1 aliphatic rings. The molecule has 1 saturated heterocycles. The molecule has 2 aromatic heterocycles. The van der Waals surface area contributed by atoms with Crippen LogP contribution in [0, 0.1) is 0 Å². The fourth-order valence-corrected chi connectivity index (χ4v) is 3.23. The number of halogens is 1. The summed E-state index contributed by atoms with van der Waals surface area (Å²) in [5, 5.41) is 11.3. The highest BCUT2D eigenvalue weighted by molar-refractivity contribution is 6.30. The van der Waals surface area contributed by atoms with Crippen molar-refractivity contribution < 1.29 is 4.79 Å². The third-order valence-electron chi connectivity index (χ3n) is 4.51. The van der Waals surface area contributed by atoms with Crippen molar-refractivity contribution in [2.24, 2.45) is 0 Å². The standard InChI is InChI=1S/C19H18ClN5O/c20-15-3-1-13(2-4-15)17-11-18(24-23-17)25-10-7-16(12-25)22-19(26)14-5-8-21-9-6-14/h1-6,8-9,11,16H,7,10,12H2,(H,22,26)(H,23,24). The van der Waals surface area contributed by atoms with Gasteiger partial charge in [-0.15, -0.1) is 0 Å². The van der Waals surface area contributed by atoms with E-state index in [0.29, 0.717) is 10.6 Å². The lowest BCUT2D eigenvalue weighted by molar-refractivity contribution is 0.0940. The molecule has 2 N–H and O–H groups in total. The second kappa shape index (κ2) is 7.17. The van der Waals surface area contributed by atoms with Crippen LogP contribution in [0.3, 0.4) is 0 Å². The molecule has 0 saturated carbocycles. The number of amides is 1. The van der Waals surface area contributed by atoms with Gasteiger partial charge in [0.1, 0.15) is 0 Å². The fraction of sp³-hybridized carbons (Fsp3) is 0.211. The minimum absolute atomic E-state index is 0.0665. The summed E-state index contributed by atoms with van der Waals surface area (Å²) in [6, 6.07) is 13.2. The Kier molecular flexibility index (Phi) is 4.58. The Labute approximate surface area is 156 Å². The zero-order valence-corrected chi connectivity index (χ0v) is 14.8. The summed E-state index contributed by atoms with van der Waals surface area (Å²) < 4.78 is 0. The Hall–Kier alpha value is -2.86. The van der Waals surface area contributed by atoms with E-state index in [1.165, 1.54) is 0 Å². The number of aromatic amines is 1. The van der Waals surface area contributed by atoms with Crippen LogP contribution in [0.2, 0.25) is 5.02 Å². The van der Waals surface area contributed by atoms with Gasteiger partial charge in [-0.05, 0) is 36.2 Å². The second-order valence-electron chi connectivity index (χ2n) is 6.29. The van der Waals surface area contributed by atoms with Gasteiger partial charge in [-0.3, -0.25) is 14.9 Å². The average Bonchev–Trinajstić information content (AvgIpc) is 3.32. The maximum atomic E-state index is 12.3. The number of nitrogens with one attached hydrogen (secondary N) is 2. The molecule has 1 amide bonds. The monoisotopic (exact) mass is 367 g/mol. The Bertz CT molecular complexity index is 894. The van der Waals surface area contributed by atoms with Crippen molar-refractivity contribution in [3.8, 4) is 11.3 Å². The first kappa shape index (κ1) is 16.6. The van der Waals surface area contributed by atoms with E-state index < -0.39 is 0 Å². The summed E-state index contributed by atoms with van der Waals surface area (Å²) in [4.78, 5) is 18.4. The van der Waals surface area contributed by atoms with Gasteiger partial charge in [0.2, 0.25) is 0 Å². The molecule has 132 valence electrons. The first-order chi connectivity index (χ1) is 12.7. The number of carbonyl (C=O) groups is 1. The van der Waals surface area contributed by atoms with Crippen molar-refractivity contribution in [2.45, 2.75) is 12.5 Å². The van der Waals surface area contributed by atoms with Crippen LogP contribution in [0.4, 0.5) is 5.82 Å². The highest BCUT2D eigenvalue weighted by Gasteiger charge is 2.26. The molecule has 1 fully saturated rings. The molecular formula is C19H18ClN5O. The minimum Gasteiger partial charge on any atom is -0.353 e. The first-order valence-corrected chi connectivity index (χ1v) is 8.84. The van der Waals surface area contributed by atoms with Crippen LogP contribution in [0.15, 0.2) is 54.9 Å². The topological polar surface area (TPSA) is 73.9 Å². The van der Waals surface area contributed by atoms with Crippen LogP contribution in [0.5, 0.6) is 0 Å². The third-order valence-corrected chi connectivity index (χ3v) is 4.76. The molecule has 0 aliphatic carbocycles. The van der Waals surface area contributed by atoms with Gasteiger partial charge in [0.15, 0.2) is 5.82 Å². The van der Waals surface area contributed by atoms with Crippen LogP contribution in [0.1, 0.15) is 16.8 Å². The summed E-state index contributed by atoms with van der Waals surface area (Å²) in [6.07, 6.45) is 4.13. The van der Waals surface area contributed by atoms with Gasteiger partial charge in [0.25, 0.3) is 5.91 Å². The normalized spacial score (nSPS) is 16.7. The van der Waals surface area contributed by atoms with Crippen LogP contribution < -0.4 is 10.2 Å². The number of hydrogen-bond donors (Lipinski definition) is 2. The molecule has 1 aromatic carbocycles. The van der Waals surface area contributed by atoms with E-state index in [0.717, 1.165) is 36.6 Å². The lowest BCUT2D eigenvalue weighted by Gasteiger charge is -2.16. The molecule has 3 aromatic rings. The molecule has 7 heteroatoms. The molecule has 3 heterocycles. The smallest absolute Gasteiger partial charge is 0.251 e. The third kappa shape index (κ3) is 3.55. The number of pyridine rings is 1. The lowest BCUT2D eigenvalue weighted by atomic mass is 10.1. The quantitative estimate of drug-likeness (QED) is 0.743. The number of carbonyl (C=O) groups excluding carboxylic acids is 1.